The highest BCUT2D eigenvalue weighted by atomic mass is 16.5. The molecule has 1 fully saturated rings. The van der Waals surface area contributed by atoms with Gasteiger partial charge in [-0.05, 0) is 20.0 Å². The van der Waals surface area contributed by atoms with Crippen LogP contribution in [0.15, 0.2) is 0 Å². The van der Waals surface area contributed by atoms with Crippen LogP contribution in [0.4, 0.5) is 0 Å². The second-order valence-corrected chi connectivity index (χ2v) is 3.34. The van der Waals surface area contributed by atoms with Crippen LogP contribution in [0.2, 0.25) is 0 Å². The lowest BCUT2D eigenvalue weighted by molar-refractivity contribution is -0.128. The molecule has 1 amide bonds. The Morgan fingerprint density at radius 2 is 2.14 bits per heavy atom. The summed E-state index contributed by atoms with van der Waals surface area (Å²) in [4.78, 5) is 11.4. The van der Waals surface area contributed by atoms with E-state index in [0.29, 0.717) is 19.6 Å². The van der Waals surface area contributed by atoms with E-state index >= 15 is 0 Å². The maximum absolute atomic E-state index is 11.4. The van der Waals surface area contributed by atoms with Gasteiger partial charge < -0.3 is 10.1 Å². The lowest BCUT2D eigenvalue weighted by atomic mass is 10.3. The van der Waals surface area contributed by atoms with Crippen molar-refractivity contribution in [3.05, 3.63) is 0 Å². The summed E-state index contributed by atoms with van der Waals surface area (Å²) in [5.41, 5.74) is 2.86. The molecule has 0 aromatic carbocycles. The molecule has 5 heteroatoms. The van der Waals surface area contributed by atoms with Crippen molar-refractivity contribution in [1.82, 2.24) is 15.8 Å². The fraction of sp³-hybridized carbons (Fsp3) is 0.889. The third-order valence-electron chi connectivity index (χ3n) is 2.12. The molecule has 14 heavy (non-hydrogen) atoms. The number of hydrazine groups is 1. The molecule has 0 unspecified atom stereocenters. The molecule has 0 atom stereocenters. The fourth-order valence-corrected chi connectivity index (χ4v) is 1.33. The predicted octanol–water partition coefficient (Wildman–Crippen LogP) is -0.651. The summed E-state index contributed by atoms with van der Waals surface area (Å²) in [6, 6.07) is 0. The number of rotatable bonds is 5. The van der Waals surface area contributed by atoms with Crippen molar-refractivity contribution >= 4 is 5.91 Å². The number of carbonyl (C=O) groups is 1. The summed E-state index contributed by atoms with van der Waals surface area (Å²) >= 11 is 0. The van der Waals surface area contributed by atoms with E-state index < -0.39 is 0 Å². The Bertz CT molecular complexity index is 169. The molecule has 1 saturated heterocycles. The second kappa shape index (κ2) is 6.75. The lowest BCUT2D eigenvalue weighted by Gasteiger charge is -2.26. The van der Waals surface area contributed by atoms with Gasteiger partial charge in [0.1, 0.15) is 0 Å². The number of morpholine rings is 1. The molecule has 1 rings (SSSR count). The topological polar surface area (TPSA) is 53.6 Å². The van der Waals surface area contributed by atoms with E-state index in [4.69, 9.17) is 4.74 Å². The second-order valence-electron chi connectivity index (χ2n) is 3.34. The summed E-state index contributed by atoms with van der Waals surface area (Å²) in [5.74, 6) is 0.0992. The molecule has 1 aliphatic heterocycles. The maximum Gasteiger partial charge on any atom is 0.234 e. The third kappa shape index (κ3) is 4.55. The first-order valence-corrected chi connectivity index (χ1v) is 5.09. The number of carbonyl (C=O) groups excluding carboxylic acids is 1. The molecule has 0 aromatic heterocycles. The molecule has 82 valence electrons. The number of hydrogen-bond donors (Lipinski definition) is 2. The van der Waals surface area contributed by atoms with Gasteiger partial charge in [-0.1, -0.05) is 0 Å². The first-order valence-electron chi connectivity index (χ1n) is 5.09. The van der Waals surface area contributed by atoms with Crippen molar-refractivity contribution in [1.29, 1.82) is 0 Å². The van der Waals surface area contributed by atoms with E-state index in [1.807, 2.05) is 12.1 Å². The molecule has 0 radical (unpaired) electrons. The third-order valence-corrected chi connectivity index (χ3v) is 2.12. The van der Waals surface area contributed by atoms with E-state index in [0.717, 1.165) is 26.1 Å². The number of amides is 1. The van der Waals surface area contributed by atoms with E-state index in [2.05, 4.69) is 10.7 Å². The van der Waals surface area contributed by atoms with Crippen LogP contribution in [-0.4, -0.2) is 50.8 Å². The quantitative estimate of drug-likeness (QED) is 0.580. The SMILES string of the molecule is CNCCCC(=O)NN1CCOCC1. The van der Waals surface area contributed by atoms with Crippen LogP contribution in [0.1, 0.15) is 12.8 Å². The number of nitrogens with one attached hydrogen (secondary N) is 2. The van der Waals surface area contributed by atoms with Gasteiger partial charge in [-0.25, -0.2) is 5.01 Å². The average Bonchev–Trinajstić information content (AvgIpc) is 2.20. The molecule has 0 aromatic rings. The van der Waals surface area contributed by atoms with Crippen LogP contribution in [0, 0.1) is 0 Å². The normalized spacial score (nSPS) is 18.1. The standard InChI is InChI=1S/C9H19N3O2/c1-10-4-2-3-9(13)11-12-5-7-14-8-6-12/h10H,2-8H2,1H3,(H,11,13). The lowest BCUT2D eigenvalue weighted by Crippen LogP contribution is -2.48. The van der Waals surface area contributed by atoms with Gasteiger partial charge in [-0.3, -0.25) is 10.2 Å². The first kappa shape index (κ1) is 11.4. The van der Waals surface area contributed by atoms with Gasteiger partial charge in [0, 0.05) is 19.5 Å². The Morgan fingerprint density at radius 1 is 1.43 bits per heavy atom. The first-order chi connectivity index (χ1) is 6.83. The summed E-state index contributed by atoms with van der Waals surface area (Å²) in [5, 5.41) is 4.93. The van der Waals surface area contributed by atoms with Gasteiger partial charge >= 0.3 is 0 Å². The molecule has 0 bridgehead atoms. The van der Waals surface area contributed by atoms with Gasteiger partial charge in [0.2, 0.25) is 5.91 Å². The zero-order valence-electron chi connectivity index (χ0n) is 8.71. The van der Waals surface area contributed by atoms with Crippen molar-refractivity contribution < 1.29 is 9.53 Å². The van der Waals surface area contributed by atoms with Crippen molar-refractivity contribution in [2.45, 2.75) is 12.8 Å². The van der Waals surface area contributed by atoms with Crippen LogP contribution < -0.4 is 10.7 Å². The predicted molar refractivity (Wildman–Crippen MR) is 53.7 cm³/mol. The van der Waals surface area contributed by atoms with Crippen LogP contribution in [0.25, 0.3) is 0 Å². The van der Waals surface area contributed by atoms with E-state index in [1.54, 1.807) is 0 Å². The van der Waals surface area contributed by atoms with E-state index in [1.165, 1.54) is 0 Å². The zero-order valence-corrected chi connectivity index (χ0v) is 8.71. The average molecular weight is 201 g/mol. The van der Waals surface area contributed by atoms with E-state index in [-0.39, 0.29) is 5.91 Å². The molecular formula is C9H19N3O2. The fourth-order valence-electron chi connectivity index (χ4n) is 1.33. The summed E-state index contributed by atoms with van der Waals surface area (Å²) in [6.07, 6.45) is 1.46. The smallest absolute Gasteiger partial charge is 0.234 e. The molecule has 0 spiro atoms. The zero-order chi connectivity index (χ0) is 10.2. The van der Waals surface area contributed by atoms with Crippen LogP contribution in [-0.2, 0) is 9.53 Å². The number of hydrogen-bond acceptors (Lipinski definition) is 4. The van der Waals surface area contributed by atoms with E-state index in [9.17, 15) is 4.79 Å². The summed E-state index contributed by atoms with van der Waals surface area (Å²) in [6.45, 7) is 3.87. The molecule has 5 nitrogen and oxygen atoms in total. The summed E-state index contributed by atoms with van der Waals surface area (Å²) in [7, 11) is 1.89. The number of nitrogens with zero attached hydrogens (tertiary/aromatic N) is 1. The number of ether oxygens (including phenoxy) is 1. The minimum absolute atomic E-state index is 0.0992. The molecule has 1 aliphatic rings. The van der Waals surface area contributed by atoms with Crippen LogP contribution in [0.5, 0.6) is 0 Å². The van der Waals surface area contributed by atoms with Crippen molar-refractivity contribution in [3.63, 3.8) is 0 Å². The minimum atomic E-state index is 0.0992. The Balaban J connectivity index is 2.06. The molecule has 0 aliphatic carbocycles. The highest BCUT2D eigenvalue weighted by Crippen LogP contribution is 1.94. The van der Waals surface area contributed by atoms with Crippen molar-refractivity contribution in [2.75, 3.05) is 39.9 Å². The van der Waals surface area contributed by atoms with Crippen LogP contribution >= 0.6 is 0 Å². The minimum Gasteiger partial charge on any atom is -0.379 e. The van der Waals surface area contributed by atoms with Gasteiger partial charge in [0.25, 0.3) is 0 Å². The van der Waals surface area contributed by atoms with Crippen molar-refractivity contribution in [2.24, 2.45) is 0 Å². The van der Waals surface area contributed by atoms with Gasteiger partial charge in [0.15, 0.2) is 0 Å². The molecule has 0 saturated carbocycles. The highest BCUT2D eigenvalue weighted by molar-refractivity contribution is 5.75. The largest absolute Gasteiger partial charge is 0.379 e. The molecule has 1 heterocycles. The highest BCUT2D eigenvalue weighted by Gasteiger charge is 2.12. The molecular weight excluding hydrogens is 182 g/mol. The Morgan fingerprint density at radius 3 is 2.79 bits per heavy atom. The molecule has 2 N–H and O–H groups in total. The Labute approximate surface area is 84.8 Å². The monoisotopic (exact) mass is 201 g/mol. The van der Waals surface area contributed by atoms with Gasteiger partial charge in [-0.15, -0.1) is 0 Å². The van der Waals surface area contributed by atoms with Gasteiger partial charge in [0.05, 0.1) is 13.2 Å². The van der Waals surface area contributed by atoms with Crippen molar-refractivity contribution in [3.8, 4) is 0 Å². The maximum atomic E-state index is 11.4. The van der Waals surface area contributed by atoms with Gasteiger partial charge in [-0.2, -0.15) is 0 Å². The summed E-state index contributed by atoms with van der Waals surface area (Å²) < 4.78 is 5.18. The Kier molecular flexibility index (Phi) is 5.51. The Hall–Kier alpha value is -0.650. The van der Waals surface area contributed by atoms with Crippen LogP contribution in [0.3, 0.4) is 0 Å².